The topological polar surface area (TPSA) is 157 Å². The van der Waals surface area contributed by atoms with Crippen LogP contribution in [0.1, 0.15) is 64.4 Å². The number of hydrogen-bond acceptors (Lipinski definition) is 11. The van der Waals surface area contributed by atoms with E-state index < -0.39 is 33.8 Å². The number of rotatable bonds is 7. The molecule has 3 aromatic rings. The third-order valence-corrected chi connectivity index (χ3v) is 14.9. The lowest BCUT2D eigenvalue weighted by atomic mass is 9.68. The normalized spacial score (nSPS) is 30.5. The molecule has 16 heteroatoms. The maximum atomic E-state index is 14.9. The third kappa shape index (κ3) is 9.06. The first-order chi connectivity index (χ1) is 28.4. The summed E-state index contributed by atoms with van der Waals surface area (Å²) in [6, 6.07) is 11.4. The van der Waals surface area contributed by atoms with Crippen LogP contribution in [0.4, 0.5) is 5.69 Å². The molecule has 3 aliphatic heterocycles. The van der Waals surface area contributed by atoms with Crippen molar-refractivity contribution in [1.29, 1.82) is 0 Å². The summed E-state index contributed by atoms with van der Waals surface area (Å²) in [5.41, 5.74) is 3.18. The van der Waals surface area contributed by atoms with Crippen LogP contribution in [0.15, 0.2) is 59.1 Å². The zero-order chi connectivity index (χ0) is 41.3. The molecule has 4 heterocycles. The van der Waals surface area contributed by atoms with Gasteiger partial charge in [0, 0.05) is 69.1 Å². The van der Waals surface area contributed by atoms with Crippen LogP contribution < -0.4 is 19.1 Å². The minimum Gasteiger partial charge on any atom is -0.490 e. The summed E-state index contributed by atoms with van der Waals surface area (Å²) in [5.74, 6) is -1.29. The van der Waals surface area contributed by atoms with Gasteiger partial charge in [-0.3, -0.25) is 23.9 Å². The summed E-state index contributed by atoms with van der Waals surface area (Å²) in [6.45, 7) is 7.27. The van der Waals surface area contributed by atoms with Gasteiger partial charge in [-0.15, -0.1) is 9.46 Å². The summed E-state index contributed by atoms with van der Waals surface area (Å²) in [5, 5.41) is 16.4. The van der Waals surface area contributed by atoms with E-state index in [2.05, 4.69) is 36.1 Å². The van der Waals surface area contributed by atoms with Crippen LogP contribution in [-0.2, 0) is 38.3 Å². The fourth-order valence-corrected chi connectivity index (χ4v) is 11.4. The Hall–Kier alpha value is -3.99. The number of morpholine rings is 1. The number of methoxy groups -OCH3 is 1. The van der Waals surface area contributed by atoms with E-state index in [-0.39, 0.29) is 52.7 Å². The summed E-state index contributed by atoms with van der Waals surface area (Å²) in [6.07, 6.45) is 8.57. The molecule has 1 spiro atoms. The highest BCUT2D eigenvalue weighted by molar-refractivity contribution is 7.92. The number of aryl methyl sites for hydroxylation is 2. The maximum absolute atomic E-state index is 14.9. The van der Waals surface area contributed by atoms with E-state index in [1.165, 1.54) is 22.0 Å². The number of fused-ring (bicyclic) bond motifs is 4. The lowest BCUT2D eigenvalue weighted by Crippen LogP contribution is -2.49. The number of nitrogens with one attached hydrogen (secondary N) is 1. The van der Waals surface area contributed by atoms with E-state index >= 15 is 0 Å². The Morgan fingerprint density at radius 1 is 1.15 bits per heavy atom. The summed E-state index contributed by atoms with van der Waals surface area (Å²) in [7, 11) is -0.495. The highest BCUT2D eigenvalue weighted by atomic mass is 35.5. The van der Waals surface area contributed by atoms with E-state index in [1.807, 2.05) is 12.1 Å². The van der Waals surface area contributed by atoms with Crippen LogP contribution in [0.5, 0.6) is 11.6 Å². The minimum absolute atomic E-state index is 0.0522. The number of halogens is 1. The maximum Gasteiger partial charge on any atom is 0.286 e. The molecule has 1 aromatic heterocycles. The van der Waals surface area contributed by atoms with Crippen molar-refractivity contribution in [3.63, 3.8) is 0 Å². The second-order valence-electron chi connectivity index (χ2n) is 16.8. The van der Waals surface area contributed by atoms with Crippen molar-refractivity contribution >= 4 is 39.0 Å². The largest absolute Gasteiger partial charge is 0.490 e. The van der Waals surface area contributed by atoms with Gasteiger partial charge in [-0.2, -0.15) is 0 Å². The van der Waals surface area contributed by atoms with Crippen LogP contribution in [0.3, 0.4) is 0 Å². The number of aromatic nitrogens is 2. The van der Waals surface area contributed by atoms with Gasteiger partial charge < -0.3 is 29.0 Å². The van der Waals surface area contributed by atoms with E-state index in [4.69, 9.17) is 30.5 Å². The predicted molar refractivity (Wildman–Crippen MR) is 225 cm³/mol. The standard InChI is InChI=1S/C43H55ClN6O8S/c1-28-25-59(54,47-41(53)34-24-48(2)45-42(34)57-20-17-49-15-18-56-19-16-49)46-40(52)30-7-12-39-36(22-30)50(23-31-6-9-33(31)38(55-3)13-11-37(28)51)26-43(27-58-39)14-4-5-29-21-32(44)8-10-35(29)43/h7-8,10-13,21-22,24,28,31,33,37-38,51H,4-6,9,14-20,23,25-27H2,1-3H3,(H,46,47,52,53,54)/b13-11+/t28-,31+,33-,37+,38+,43+,59?/m1/s1. The number of benzene rings is 2. The zero-order valence-electron chi connectivity index (χ0n) is 34.0. The molecule has 1 unspecified atom stereocenters. The molecule has 2 N–H and O–H groups in total. The Morgan fingerprint density at radius 3 is 2.76 bits per heavy atom. The molecule has 2 amide bonds. The lowest BCUT2D eigenvalue weighted by Gasteiger charge is -2.46. The van der Waals surface area contributed by atoms with E-state index in [0.29, 0.717) is 50.2 Å². The average molecular weight is 851 g/mol. The van der Waals surface area contributed by atoms with Gasteiger partial charge in [0.15, 0.2) is 0 Å². The fraction of sp³-hybridized carbons (Fsp3) is 0.558. The second-order valence-corrected chi connectivity index (χ2v) is 19.2. The highest BCUT2D eigenvalue weighted by Crippen LogP contribution is 2.47. The number of nitrogens with zero attached hydrogens (tertiary/aromatic N) is 5. The van der Waals surface area contributed by atoms with Gasteiger partial charge in [0.05, 0.1) is 43.5 Å². The van der Waals surface area contributed by atoms with Crippen molar-refractivity contribution in [2.75, 3.05) is 76.9 Å². The number of ether oxygens (including phenoxy) is 4. The SMILES string of the molecule is CO[C@H]1/C=C/[C@H](O)[C@H](C)CS(=O)(NC(=O)c2cn(C)nc2OCCN2CCOCC2)=NC(=O)c2ccc3c(c2)N(C[C@@H]2CC[C@H]21)C[C@@]1(CCCc2cc(Cl)ccc21)CO3. The summed E-state index contributed by atoms with van der Waals surface area (Å²) in [4.78, 5) is 32.8. The van der Waals surface area contributed by atoms with Gasteiger partial charge in [0.1, 0.15) is 27.8 Å². The van der Waals surface area contributed by atoms with E-state index in [0.717, 1.165) is 50.9 Å². The summed E-state index contributed by atoms with van der Waals surface area (Å²) >= 11 is 6.48. The average Bonchev–Trinajstić information content (AvgIpc) is 3.51. The van der Waals surface area contributed by atoms with Gasteiger partial charge in [-0.25, -0.2) is 4.21 Å². The molecule has 59 heavy (non-hydrogen) atoms. The quantitative estimate of drug-likeness (QED) is 0.315. The first kappa shape index (κ1) is 41.7. The van der Waals surface area contributed by atoms with Crippen LogP contribution in [0.2, 0.25) is 5.02 Å². The number of aliphatic hydroxyl groups excluding tert-OH is 1. The molecular weight excluding hydrogens is 796 g/mol. The molecule has 2 fully saturated rings. The van der Waals surface area contributed by atoms with Gasteiger partial charge in [-0.05, 0) is 91.3 Å². The highest BCUT2D eigenvalue weighted by Gasteiger charge is 2.44. The van der Waals surface area contributed by atoms with Crippen molar-refractivity contribution in [2.45, 2.75) is 56.7 Å². The lowest BCUT2D eigenvalue weighted by molar-refractivity contribution is 0.0124. The Bertz CT molecular complexity index is 2200. The molecule has 0 radical (unpaired) electrons. The summed E-state index contributed by atoms with van der Waals surface area (Å²) < 4.78 is 47.3. The fourth-order valence-electron chi connectivity index (χ4n) is 9.36. The number of anilines is 1. The molecule has 2 aromatic carbocycles. The van der Waals surface area contributed by atoms with Gasteiger partial charge in [0.2, 0.25) is 5.88 Å². The first-order valence-electron chi connectivity index (χ1n) is 20.7. The van der Waals surface area contributed by atoms with Gasteiger partial charge in [0.25, 0.3) is 11.8 Å². The Kier molecular flexibility index (Phi) is 12.4. The molecule has 14 nitrogen and oxygen atoms in total. The van der Waals surface area contributed by atoms with Crippen LogP contribution in [0, 0.1) is 17.8 Å². The number of amides is 2. The monoisotopic (exact) mass is 850 g/mol. The van der Waals surface area contributed by atoms with Crippen molar-refractivity contribution in [3.05, 3.63) is 82.0 Å². The molecule has 7 atom stereocenters. The van der Waals surface area contributed by atoms with Gasteiger partial charge >= 0.3 is 0 Å². The molecule has 2 bridgehead atoms. The smallest absolute Gasteiger partial charge is 0.286 e. The van der Waals surface area contributed by atoms with Crippen LogP contribution in [-0.4, -0.2) is 120 Å². The molecule has 1 saturated carbocycles. The number of carbonyl (C=O) groups excluding carboxylic acids is 2. The van der Waals surface area contributed by atoms with Crippen LogP contribution >= 0.6 is 11.6 Å². The predicted octanol–water partition coefficient (Wildman–Crippen LogP) is 4.82. The van der Waals surface area contributed by atoms with E-state index in [9.17, 15) is 18.9 Å². The molecule has 2 aliphatic carbocycles. The minimum atomic E-state index is -3.84. The number of hydrogen-bond donors (Lipinski definition) is 2. The number of carbonyl (C=O) groups is 2. The Balaban J connectivity index is 1.14. The molecule has 5 aliphatic rings. The molecule has 8 rings (SSSR count). The second kappa shape index (κ2) is 17.5. The van der Waals surface area contributed by atoms with Crippen molar-refractivity contribution in [1.82, 2.24) is 19.4 Å². The molecule has 318 valence electrons. The Labute approximate surface area is 351 Å². The zero-order valence-corrected chi connectivity index (χ0v) is 35.6. The van der Waals surface area contributed by atoms with Crippen molar-refractivity contribution in [3.8, 4) is 11.6 Å². The Morgan fingerprint density at radius 2 is 1.98 bits per heavy atom. The molecule has 1 saturated heterocycles. The first-order valence-corrected chi connectivity index (χ1v) is 22.8. The van der Waals surface area contributed by atoms with Crippen LogP contribution in [0.25, 0.3) is 0 Å². The third-order valence-electron chi connectivity index (χ3n) is 12.8. The van der Waals surface area contributed by atoms with E-state index in [1.54, 1.807) is 45.4 Å². The van der Waals surface area contributed by atoms with Crippen molar-refractivity contribution in [2.24, 2.45) is 29.2 Å². The number of aliphatic hydroxyl groups is 1. The van der Waals surface area contributed by atoms with Crippen molar-refractivity contribution < 1.29 is 37.9 Å². The molecular formula is C43H55ClN6O8S. The van der Waals surface area contributed by atoms with Gasteiger partial charge in [-0.1, -0.05) is 36.7 Å².